The van der Waals surface area contributed by atoms with Crippen molar-refractivity contribution in [1.82, 2.24) is 14.9 Å². The average molecular weight is 391 g/mol. The Bertz CT molecular complexity index is 1010. The van der Waals surface area contributed by atoms with Gasteiger partial charge in [0.15, 0.2) is 0 Å². The van der Waals surface area contributed by atoms with Crippen LogP contribution in [0.2, 0.25) is 5.02 Å². The molecule has 0 aliphatic carbocycles. The quantitative estimate of drug-likeness (QED) is 0.727. The summed E-state index contributed by atoms with van der Waals surface area (Å²) in [5.41, 5.74) is 2.22. The summed E-state index contributed by atoms with van der Waals surface area (Å²) in [6.45, 7) is 2.47. The number of amides is 1. The van der Waals surface area contributed by atoms with Gasteiger partial charge in [-0.25, -0.2) is 4.98 Å². The molecule has 0 atom stereocenters. The lowest BCUT2D eigenvalue weighted by molar-refractivity contribution is -0.119. The van der Waals surface area contributed by atoms with Gasteiger partial charge in [-0.3, -0.25) is 14.5 Å². The van der Waals surface area contributed by atoms with Gasteiger partial charge in [0.2, 0.25) is 5.91 Å². The summed E-state index contributed by atoms with van der Waals surface area (Å²) in [6, 6.07) is 7.20. The number of carbonyl (C=O) groups excluding carboxylic acids is 1. The van der Waals surface area contributed by atoms with E-state index in [1.165, 1.54) is 16.2 Å². The number of fused-ring (bicyclic) bond motifs is 1. The molecular formula is C18H19ClN4O2S. The van der Waals surface area contributed by atoms with Crippen molar-refractivity contribution < 1.29 is 4.79 Å². The summed E-state index contributed by atoms with van der Waals surface area (Å²) >= 11 is 7.54. The number of aromatic amines is 1. The van der Waals surface area contributed by atoms with Gasteiger partial charge >= 0.3 is 0 Å². The number of hydrogen-bond acceptors (Lipinski definition) is 5. The highest BCUT2D eigenvalue weighted by atomic mass is 35.5. The number of benzene rings is 1. The Balaban J connectivity index is 1.71. The van der Waals surface area contributed by atoms with Crippen molar-refractivity contribution in [2.45, 2.75) is 13.5 Å². The first-order valence-corrected chi connectivity index (χ1v) is 9.29. The molecule has 0 unspecified atom stereocenters. The Labute approximate surface area is 160 Å². The van der Waals surface area contributed by atoms with E-state index < -0.39 is 0 Å². The number of nitrogens with one attached hydrogen (secondary N) is 1. The van der Waals surface area contributed by atoms with Crippen LogP contribution in [0.4, 0.5) is 5.69 Å². The monoisotopic (exact) mass is 390 g/mol. The van der Waals surface area contributed by atoms with Gasteiger partial charge in [-0.05, 0) is 37.0 Å². The summed E-state index contributed by atoms with van der Waals surface area (Å²) in [7, 11) is 3.50. The van der Waals surface area contributed by atoms with E-state index in [1.807, 2.05) is 36.4 Å². The van der Waals surface area contributed by atoms with Crippen molar-refractivity contribution >= 4 is 44.7 Å². The van der Waals surface area contributed by atoms with E-state index in [-0.39, 0.29) is 18.0 Å². The molecule has 8 heteroatoms. The van der Waals surface area contributed by atoms with E-state index in [2.05, 4.69) is 9.97 Å². The molecule has 3 rings (SSSR count). The van der Waals surface area contributed by atoms with Gasteiger partial charge in [0.1, 0.15) is 10.5 Å². The highest BCUT2D eigenvalue weighted by Gasteiger charge is 2.17. The maximum atomic E-state index is 12.5. The SMILES string of the molecule is Cc1csc2c(=O)[nH]c(CN(C)CC(=O)N(C)c3ccccc3Cl)nc12. The van der Waals surface area contributed by atoms with E-state index >= 15 is 0 Å². The maximum absolute atomic E-state index is 12.5. The van der Waals surface area contributed by atoms with E-state index in [0.29, 0.717) is 27.8 Å². The molecule has 1 N–H and O–H groups in total. The van der Waals surface area contributed by atoms with Crippen molar-refractivity contribution in [3.05, 3.63) is 56.4 Å². The first kappa shape index (κ1) is 18.6. The van der Waals surface area contributed by atoms with Gasteiger partial charge in [-0.15, -0.1) is 11.3 Å². The number of anilines is 1. The third kappa shape index (κ3) is 3.80. The second kappa shape index (κ2) is 7.57. The Hall–Kier alpha value is -2.22. The second-order valence-corrected chi connectivity index (χ2v) is 7.47. The van der Waals surface area contributed by atoms with E-state index in [1.54, 1.807) is 19.2 Å². The van der Waals surface area contributed by atoms with E-state index in [4.69, 9.17) is 11.6 Å². The number of likely N-dealkylation sites (N-methyl/N-ethyl adjacent to an activating group) is 2. The minimum absolute atomic E-state index is 0.101. The van der Waals surface area contributed by atoms with E-state index in [0.717, 1.165) is 11.1 Å². The number of carbonyl (C=O) groups is 1. The predicted octanol–water partition coefficient (Wildman–Crippen LogP) is 3.04. The predicted molar refractivity (Wildman–Crippen MR) is 106 cm³/mol. The summed E-state index contributed by atoms with van der Waals surface area (Å²) in [4.78, 5) is 35.3. The molecular weight excluding hydrogens is 372 g/mol. The molecule has 0 saturated carbocycles. The van der Waals surface area contributed by atoms with Gasteiger partial charge in [-0.2, -0.15) is 0 Å². The number of nitrogens with zero attached hydrogens (tertiary/aromatic N) is 3. The summed E-state index contributed by atoms with van der Waals surface area (Å²) in [6.07, 6.45) is 0. The van der Waals surface area contributed by atoms with E-state index in [9.17, 15) is 9.59 Å². The molecule has 0 saturated heterocycles. The summed E-state index contributed by atoms with van der Waals surface area (Å²) < 4.78 is 0.628. The topological polar surface area (TPSA) is 69.3 Å². The molecule has 26 heavy (non-hydrogen) atoms. The molecule has 136 valence electrons. The van der Waals surface area contributed by atoms with Crippen molar-refractivity contribution in [3.63, 3.8) is 0 Å². The highest BCUT2D eigenvalue weighted by Crippen LogP contribution is 2.24. The van der Waals surface area contributed by atoms with Crippen LogP contribution in [0.1, 0.15) is 11.4 Å². The Morgan fingerprint density at radius 2 is 2.04 bits per heavy atom. The molecule has 1 amide bonds. The molecule has 2 heterocycles. The van der Waals surface area contributed by atoms with Crippen LogP contribution < -0.4 is 10.5 Å². The number of rotatable bonds is 5. The normalized spacial score (nSPS) is 11.3. The smallest absolute Gasteiger partial charge is 0.268 e. The zero-order chi connectivity index (χ0) is 18.8. The molecule has 2 aromatic heterocycles. The van der Waals surface area contributed by atoms with Crippen LogP contribution >= 0.6 is 22.9 Å². The molecule has 0 bridgehead atoms. The zero-order valence-corrected chi connectivity index (χ0v) is 16.3. The standard InChI is InChI=1S/C18H19ClN4O2S/c1-11-10-26-17-16(11)20-14(21-18(17)25)8-22(2)9-15(24)23(3)13-7-5-4-6-12(13)19/h4-7,10H,8-9H2,1-3H3,(H,20,21,25). The fraction of sp³-hybridized carbons (Fsp3) is 0.278. The minimum atomic E-state index is -0.143. The van der Waals surface area contributed by atoms with Crippen molar-refractivity contribution in [1.29, 1.82) is 0 Å². The number of aromatic nitrogens is 2. The Kier molecular flexibility index (Phi) is 5.41. The molecule has 0 aliphatic heterocycles. The van der Waals surface area contributed by atoms with Gasteiger partial charge in [0, 0.05) is 7.05 Å². The molecule has 6 nitrogen and oxygen atoms in total. The Morgan fingerprint density at radius 3 is 2.77 bits per heavy atom. The number of para-hydroxylation sites is 1. The van der Waals surface area contributed by atoms with Crippen molar-refractivity contribution in [3.8, 4) is 0 Å². The third-order valence-corrected chi connectivity index (χ3v) is 5.47. The number of aryl methyl sites for hydroxylation is 1. The van der Waals surface area contributed by atoms with Crippen LogP contribution in [0.15, 0.2) is 34.4 Å². The summed E-state index contributed by atoms with van der Waals surface area (Å²) in [5, 5.41) is 2.44. The van der Waals surface area contributed by atoms with Crippen molar-refractivity contribution in [2.75, 3.05) is 25.5 Å². The van der Waals surface area contributed by atoms with Crippen LogP contribution in [-0.4, -0.2) is 41.4 Å². The third-order valence-electron chi connectivity index (χ3n) is 4.07. The summed E-state index contributed by atoms with van der Waals surface area (Å²) in [5.74, 6) is 0.440. The number of thiophene rings is 1. The molecule has 0 aliphatic rings. The molecule has 0 radical (unpaired) electrons. The van der Waals surface area contributed by atoms with Crippen LogP contribution in [0.3, 0.4) is 0 Å². The van der Waals surface area contributed by atoms with Gasteiger partial charge in [-0.1, -0.05) is 23.7 Å². The minimum Gasteiger partial charge on any atom is -0.313 e. The second-order valence-electron chi connectivity index (χ2n) is 6.19. The molecule has 1 aromatic carbocycles. The fourth-order valence-corrected chi connectivity index (χ4v) is 3.82. The maximum Gasteiger partial charge on any atom is 0.268 e. The van der Waals surface area contributed by atoms with Crippen LogP contribution in [0.5, 0.6) is 0 Å². The lowest BCUT2D eigenvalue weighted by Crippen LogP contribution is -2.37. The van der Waals surface area contributed by atoms with Gasteiger partial charge in [0.05, 0.1) is 29.3 Å². The van der Waals surface area contributed by atoms with Crippen LogP contribution in [0.25, 0.3) is 10.2 Å². The lowest BCUT2D eigenvalue weighted by Gasteiger charge is -2.22. The molecule has 0 fully saturated rings. The number of H-pyrrole nitrogens is 1. The highest BCUT2D eigenvalue weighted by molar-refractivity contribution is 7.17. The average Bonchev–Trinajstić information content (AvgIpc) is 2.96. The van der Waals surface area contributed by atoms with Crippen LogP contribution in [-0.2, 0) is 11.3 Å². The Morgan fingerprint density at radius 1 is 1.31 bits per heavy atom. The largest absolute Gasteiger partial charge is 0.313 e. The molecule has 3 aromatic rings. The van der Waals surface area contributed by atoms with Crippen molar-refractivity contribution in [2.24, 2.45) is 0 Å². The first-order valence-electron chi connectivity index (χ1n) is 8.03. The molecule has 0 spiro atoms. The van der Waals surface area contributed by atoms with Gasteiger partial charge < -0.3 is 9.88 Å². The van der Waals surface area contributed by atoms with Gasteiger partial charge in [0.25, 0.3) is 5.56 Å². The fourth-order valence-electron chi connectivity index (χ4n) is 2.67. The van der Waals surface area contributed by atoms with Crippen LogP contribution in [0, 0.1) is 6.92 Å². The number of halogens is 1. The first-order chi connectivity index (χ1) is 12.4. The lowest BCUT2D eigenvalue weighted by atomic mass is 10.3. The number of hydrogen-bond donors (Lipinski definition) is 1. The zero-order valence-electron chi connectivity index (χ0n) is 14.7.